The molecule has 0 saturated carbocycles. The lowest BCUT2D eigenvalue weighted by Gasteiger charge is -2.34. The second-order valence-electron chi connectivity index (χ2n) is 7.79. The Bertz CT molecular complexity index is 884. The highest BCUT2D eigenvalue weighted by Crippen LogP contribution is 2.33. The molecule has 1 fully saturated rings. The number of carbonyl (C=O) groups is 2. The third kappa shape index (κ3) is 5.68. The molecule has 7 heteroatoms. The maximum Gasteiger partial charge on any atom is 0.341 e. The van der Waals surface area contributed by atoms with Gasteiger partial charge in [0.05, 0.1) is 18.7 Å². The summed E-state index contributed by atoms with van der Waals surface area (Å²) in [6, 6.07) is 8.66. The quantitative estimate of drug-likeness (QED) is 0.682. The molecular formula is C23H31N3O3S. The zero-order valence-corrected chi connectivity index (χ0v) is 19.1. The predicted octanol–water partition coefficient (Wildman–Crippen LogP) is 3.61. The summed E-state index contributed by atoms with van der Waals surface area (Å²) in [4.78, 5) is 30.5. The minimum atomic E-state index is -0.376. The molecular weight excluding hydrogens is 398 g/mol. The van der Waals surface area contributed by atoms with Gasteiger partial charge in [-0.1, -0.05) is 29.8 Å². The lowest BCUT2D eigenvalue weighted by Crippen LogP contribution is -2.48. The van der Waals surface area contributed by atoms with E-state index in [9.17, 15) is 9.59 Å². The largest absolute Gasteiger partial charge is 0.462 e. The number of anilines is 1. The molecule has 0 unspecified atom stereocenters. The average molecular weight is 430 g/mol. The van der Waals surface area contributed by atoms with Crippen LogP contribution in [0.2, 0.25) is 0 Å². The normalized spacial score (nSPS) is 15.2. The zero-order valence-electron chi connectivity index (χ0n) is 18.3. The third-order valence-electron chi connectivity index (χ3n) is 5.48. The molecule has 6 nitrogen and oxygen atoms in total. The van der Waals surface area contributed by atoms with E-state index < -0.39 is 0 Å². The summed E-state index contributed by atoms with van der Waals surface area (Å²) in [5.74, 6) is -0.465. The van der Waals surface area contributed by atoms with E-state index in [-0.39, 0.29) is 11.9 Å². The molecule has 1 saturated heterocycles. The van der Waals surface area contributed by atoms with Crippen molar-refractivity contribution in [3.8, 4) is 0 Å². The van der Waals surface area contributed by atoms with Gasteiger partial charge in [-0.25, -0.2) is 4.79 Å². The van der Waals surface area contributed by atoms with Crippen LogP contribution in [0.4, 0.5) is 5.00 Å². The van der Waals surface area contributed by atoms with E-state index >= 15 is 0 Å². The highest BCUT2D eigenvalue weighted by molar-refractivity contribution is 7.16. The highest BCUT2D eigenvalue weighted by Gasteiger charge is 2.24. The molecule has 0 spiro atoms. The molecule has 162 valence electrons. The fourth-order valence-electron chi connectivity index (χ4n) is 3.59. The summed E-state index contributed by atoms with van der Waals surface area (Å²) in [5.41, 5.74) is 3.95. The van der Waals surface area contributed by atoms with Crippen LogP contribution < -0.4 is 5.32 Å². The molecule has 1 N–H and O–H groups in total. The van der Waals surface area contributed by atoms with E-state index in [1.165, 1.54) is 22.5 Å². The van der Waals surface area contributed by atoms with Crippen LogP contribution >= 0.6 is 11.3 Å². The summed E-state index contributed by atoms with van der Waals surface area (Å²) in [6.45, 7) is 12.9. The lowest BCUT2D eigenvalue weighted by atomic mass is 10.1. The van der Waals surface area contributed by atoms with Gasteiger partial charge in [-0.05, 0) is 38.8 Å². The number of aryl methyl sites for hydroxylation is 2. The molecule has 2 heterocycles. The second-order valence-corrected chi connectivity index (χ2v) is 9.02. The number of ether oxygens (including phenoxy) is 1. The molecule has 2 aromatic rings. The zero-order chi connectivity index (χ0) is 21.7. The van der Waals surface area contributed by atoms with Crippen molar-refractivity contribution < 1.29 is 14.3 Å². The van der Waals surface area contributed by atoms with Crippen molar-refractivity contribution >= 4 is 28.2 Å². The number of hydrogen-bond donors (Lipinski definition) is 1. The van der Waals surface area contributed by atoms with Gasteiger partial charge < -0.3 is 10.1 Å². The number of benzene rings is 1. The number of amides is 1. The molecule has 0 aliphatic carbocycles. The standard InChI is InChI=1S/C23H31N3O3S/c1-5-29-23(28)21-17(3)18(4)30-22(21)24-20(27)15-26-12-10-25(11-13-26)14-19-8-6-16(2)7-9-19/h6-9H,5,10-15H2,1-4H3,(H,24,27). The smallest absolute Gasteiger partial charge is 0.341 e. The van der Waals surface area contributed by atoms with E-state index in [0.717, 1.165) is 43.2 Å². The first kappa shape index (κ1) is 22.5. The molecule has 1 aromatic carbocycles. The van der Waals surface area contributed by atoms with E-state index in [4.69, 9.17) is 4.74 Å². The van der Waals surface area contributed by atoms with Crippen LogP contribution in [0.3, 0.4) is 0 Å². The van der Waals surface area contributed by atoms with E-state index in [0.29, 0.717) is 23.7 Å². The Labute approximate surface area is 182 Å². The number of hydrogen-bond acceptors (Lipinski definition) is 6. The molecule has 1 aliphatic rings. The molecule has 1 amide bonds. The summed E-state index contributed by atoms with van der Waals surface area (Å²) in [5, 5.41) is 3.53. The Morgan fingerprint density at radius 1 is 1.03 bits per heavy atom. The van der Waals surface area contributed by atoms with Crippen molar-refractivity contribution in [3.05, 3.63) is 51.4 Å². The minimum absolute atomic E-state index is 0.0891. The number of rotatable bonds is 7. The van der Waals surface area contributed by atoms with E-state index in [2.05, 4.69) is 46.3 Å². The van der Waals surface area contributed by atoms with E-state index in [1.807, 2.05) is 13.8 Å². The topological polar surface area (TPSA) is 61.9 Å². The van der Waals surface area contributed by atoms with Gasteiger partial charge in [0.15, 0.2) is 0 Å². The van der Waals surface area contributed by atoms with Gasteiger partial charge >= 0.3 is 5.97 Å². The molecule has 1 aliphatic heterocycles. The van der Waals surface area contributed by atoms with Gasteiger partial charge in [0.25, 0.3) is 0 Å². The van der Waals surface area contributed by atoms with Gasteiger partial charge in [-0.3, -0.25) is 14.6 Å². The Balaban J connectivity index is 1.51. The van der Waals surface area contributed by atoms with Gasteiger partial charge in [0, 0.05) is 37.6 Å². The molecule has 1 aromatic heterocycles. The van der Waals surface area contributed by atoms with Crippen LogP contribution in [0.25, 0.3) is 0 Å². The number of esters is 1. The van der Waals surface area contributed by atoms with Crippen LogP contribution in [0, 0.1) is 20.8 Å². The van der Waals surface area contributed by atoms with E-state index in [1.54, 1.807) is 6.92 Å². The first-order valence-electron chi connectivity index (χ1n) is 10.4. The number of piperazine rings is 1. The van der Waals surface area contributed by atoms with Crippen molar-refractivity contribution in [3.63, 3.8) is 0 Å². The number of carbonyl (C=O) groups excluding carboxylic acids is 2. The van der Waals surface area contributed by atoms with Gasteiger partial charge in [-0.2, -0.15) is 0 Å². The van der Waals surface area contributed by atoms with Crippen LogP contribution in [-0.2, 0) is 16.1 Å². The maximum absolute atomic E-state index is 12.6. The molecule has 30 heavy (non-hydrogen) atoms. The maximum atomic E-state index is 12.6. The predicted molar refractivity (Wildman–Crippen MR) is 121 cm³/mol. The molecule has 0 radical (unpaired) electrons. The van der Waals surface area contributed by atoms with Gasteiger partial charge in [-0.15, -0.1) is 11.3 Å². The summed E-state index contributed by atoms with van der Waals surface area (Å²) in [7, 11) is 0. The Morgan fingerprint density at radius 2 is 1.67 bits per heavy atom. The van der Waals surface area contributed by atoms with Gasteiger partial charge in [0.1, 0.15) is 5.00 Å². The Hall–Kier alpha value is -2.22. The van der Waals surface area contributed by atoms with Crippen molar-refractivity contribution in [1.82, 2.24) is 9.80 Å². The Kier molecular flexibility index (Phi) is 7.64. The second kappa shape index (κ2) is 10.2. The number of nitrogens with one attached hydrogen (secondary N) is 1. The van der Waals surface area contributed by atoms with Crippen molar-refractivity contribution in [1.29, 1.82) is 0 Å². The molecule has 0 atom stereocenters. The van der Waals surface area contributed by atoms with Gasteiger partial charge in [0.2, 0.25) is 5.91 Å². The van der Waals surface area contributed by atoms with Crippen LogP contribution in [0.5, 0.6) is 0 Å². The fraction of sp³-hybridized carbons (Fsp3) is 0.478. The summed E-state index contributed by atoms with van der Waals surface area (Å²) < 4.78 is 5.16. The van der Waals surface area contributed by atoms with Crippen LogP contribution in [0.15, 0.2) is 24.3 Å². The molecule has 3 rings (SSSR count). The number of nitrogens with zero attached hydrogens (tertiary/aromatic N) is 2. The van der Waals surface area contributed by atoms with Crippen molar-refractivity contribution in [2.24, 2.45) is 0 Å². The molecule has 0 bridgehead atoms. The lowest BCUT2D eigenvalue weighted by molar-refractivity contribution is -0.117. The van der Waals surface area contributed by atoms with Crippen LogP contribution in [-0.4, -0.2) is 61.0 Å². The van der Waals surface area contributed by atoms with Crippen molar-refractivity contribution in [2.75, 3.05) is 44.6 Å². The average Bonchev–Trinajstić information content (AvgIpc) is 2.98. The highest BCUT2D eigenvalue weighted by atomic mass is 32.1. The summed E-state index contributed by atoms with van der Waals surface area (Å²) in [6.07, 6.45) is 0. The number of thiophene rings is 1. The third-order valence-corrected chi connectivity index (χ3v) is 6.60. The first-order chi connectivity index (χ1) is 14.4. The minimum Gasteiger partial charge on any atom is -0.462 e. The SMILES string of the molecule is CCOC(=O)c1c(NC(=O)CN2CCN(Cc3ccc(C)cc3)CC2)sc(C)c1C. The Morgan fingerprint density at radius 3 is 2.30 bits per heavy atom. The van der Waals surface area contributed by atoms with Crippen LogP contribution in [0.1, 0.15) is 38.8 Å². The fourth-order valence-corrected chi connectivity index (χ4v) is 4.66. The monoisotopic (exact) mass is 429 g/mol. The van der Waals surface area contributed by atoms with Crippen molar-refractivity contribution in [2.45, 2.75) is 34.2 Å². The first-order valence-corrected chi connectivity index (χ1v) is 11.3. The summed E-state index contributed by atoms with van der Waals surface area (Å²) >= 11 is 1.43.